The van der Waals surface area contributed by atoms with Crippen LogP contribution in [-0.2, 0) is 0 Å². The Labute approximate surface area is 105 Å². The van der Waals surface area contributed by atoms with E-state index in [0.29, 0.717) is 23.4 Å². The summed E-state index contributed by atoms with van der Waals surface area (Å²) in [6.07, 6.45) is 3.80. The van der Waals surface area contributed by atoms with E-state index in [1.54, 1.807) is 18.0 Å². The van der Waals surface area contributed by atoms with E-state index in [2.05, 4.69) is 10.3 Å². The second kappa shape index (κ2) is 5.87. The average molecular weight is 259 g/mol. The van der Waals surface area contributed by atoms with Crippen molar-refractivity contribution in [3.05, 3.63) is 23.4 Å². The number of thioether (sulfide) groups is 1. The third-order valence-electron chi connectivity index (χ3n) is 2.34. The molecule has 1 saturated carbocycles. The van der Waals surface area contributed by atoms with Crippen LogP contribution in [0.4, 0.5) is 0 Å². The van der Waals surface area contributed by atoms with Gasteiger partial charge in [-0.1, -0.05) is 11.6 Å². The molecule has 0 saturated heterocycles. The van der Waals surface area contributed by atoms with Crippen LogP contribution in [0.5, 0.6) is 0 Å². The van der Waals surface area contributed by atoms with Gasteiger partial charge in [0.1, 0.15) is 0 Å². The number of hydrogen-bond donors (Lipinski definition) is 2. The van der Waals surface area contributed by atoms with Crippen molar-refractivity contribution >= 4 is 23.4 Å². The van der Waals surface area contributed by atoms with Gasteiger partial charge in [-0.25, -0.2) is 4.98 Å². The minimum absolute atomic E-state index is 0.317. The Bertz CT molecular complexity index is 329. The number of rotatable bonds is 6. The number of nitrogens with one attached hydrogen (secondary N) is 1. The van der Waals surface area contributed by atoms with Crippen molar-refractivity contribution < 1.29 is 5.11 Å². The molecule has 1 aromatic heterocycles. The summed E-state index contributed by atoms with van der Waals surface area (Å²) in [6, 6.07) is 4.33. The Morgan fingerprint density at radius 2 is 2.38 bits per heavy atom. The Morgan fingerprint density at radius 3 is 3.00 bits per heavy atom. The number of pyridine rings is 1. The van der Waals surface area contributed by atoms with Gasteiger partial charge in [0, 0.05) is 24.5 Å². The van der Waals surface area contributed by atoms with Crippen LogP contribution in [0.15, 0.2) is 23.4 Å². The number of nitrogens with zero attached hydrogens (tertiary/aromatic N) is 1. The zero-order valence-corrected chi connectivity index (χ0v) is 10.5. The summed E-state index contributed by atoms with van der Waals surface area (Å²) < 4.78 is 0. The van der Waals surface area contributed by atoms with E-state index in [1.165, 1.54) is 12.8 Å². The predicted molar refractivity (Wildman–Crippen MR) is 67.0 cm³/mol. The van der Waals surface area contributed by atoms with Crippen molar-refractivity contribution in [2.45, 2.75) is 30.0 Å². The van der Waals surface area contributed by atoms with Gasteiger partial charge in [-0.3, -0.25) is 0 Å². The van der Waals surface area contributed by atoms with Crippen LogP contribution in [0.2, 0.25) is 5.02 Å². The molecule has 1 unspecified atom stereocenters. The summed E-state index contributed by atoms with van der Waals surface area (Å²) >= 11 is 7.28. The molecule has 0 radical (unpaired) electrons. The van der Waals surface area contributed by atoms with E-state index in [0.717, 1.165) is 5.03 Å². The first-order valence-electron chi connectivity index (χ1n) is 5.40. The Balaban J connectivity index is 1.67. The van der Waals surface area contributed by atoms with E-state index >= 15 is 0 Å². The van der Waals surface area contributed by atoms with E-state index < -0.39 is 0 Å². The smallest absolute Gasteiger partial charge is 0.0961 e. The van der Waals surface area contributed by atoms with Crippen LogP contribution in [0.25, 0.3) is 0 Å². The third-order valence-corrected chi connectivity index (χ3v) is 3.66. The molecule has 3 nitrogen and oxygen atoms in total. The molecule has 1 aliphatic rings. The van der Waals surface area contributed by atoms with E-state index in [9.17, 15) is 5.11 Å². The number of halogens is 1. The molecule has 88 valence electrons. The second-order valence-corrected chi connectivity index (χ2v) is 5.44. The largest absolute Gasteiger partial charge is 0.391 e. The van der Waals surface area contributed by atoms with Crippen molar-refractivity contribution in [3.8, 4) is 0 Å². The zero-order chi connectivity index (χ0) is 11.4. The van der Waals surface area contributed by atoms with Gasteiger partial charge in [-0.15, -0.1) is 11.8 Å². The topological polar surface area (TPSA) is 45.1 Å². The third kappa shape index (κ3) is 4.29. The molecule has 1 atom stereocenters. The van der Waals surface area contributed by atoms with Crippen LogP contribution in [-0.4, -0.2) is 34.5 Å². The van der Waals surface area contributed by atoms with Gasteiger partial charge in [-0.2, -0.15) is 0 Å². The molecule has 1 heterocycles. The molecule has 2 rings (SSSR count). The van der Waals surface area contributed by atoms with Crippen molar-refractivity contribution in [3.63, 3.8) is 0 Å². The summed E-state index contributed by atoms with van der Waals surface area (Å²) in [7, 11) is 0. The lowest BCUT2D eigenvalue weighted by molar-refractivity contribution is 0.195. The van der Waals surface area contributed by atoms with Crippen LogP contribution < -0.4 is 5.32 Å². The molecular formula is C11H15ClN2OS. The van der Waals surface area contributed by atoms with Gasteiger partial charge in [0.25, 0.3) is 0 Å². The first kappa shape index (κ1) is 12.2. The fourth-order valence-corrected chi connectivity index (χ4v) is 2.16. The molecular weight excluding hydrogens is 244 g/mol. The quantitative estimate of drug-likeness (QED) is 0.766. The number of aliphatic hydroxyl groups excluding tert-OH is 1. The summed E-state index contributed by atoms with van der Waals surface area (Å²) in [4.78, 5) is 4.16. The summed E-state index contributed by atoms with van der Waals surface area (Å²) in [6.45, 7) is 0.672. The van der Waals surface area contributed by atoms with E-state index in [-0.39, 0.29) is 6.10 Å². The SMILES string of the molecule is OC(CNC1CC1)CSc1ccc(Cl)cn1. The maximum atomic E-state index is 9.70. The lowest BCUT2D eigenvalue weighted by Gasteiger charge is -2.10. The van der Waals surface area contributed by atoms with E-state index in [4.69, 9.17) is 11.6 Å². The van der Waals surface area contributed by atoms with Crippen molar-refractivity contribution in [1.82, 2.24) is 10.3 Å². The van der Waals surface area contributed by atoms with Crippen molar-refractivity contribution in [2.24, 2.45) is 0 Å². The standard InChI is InChI=1S/C11H15ClN2OS/c12-8-1-4-11(14-5-8)16-7-10(15)6-13-9-2-3-9/h1,4-5,9-10,13,15H,2-3,6-7H2. The maximum absolute atomic E-state index is 9.70. The van der Waals surface area contributed by atoms with Crippen LogP contribution in [0.1, 0.15) is 12.8 Å². The Kier molecular flexibility index (Phi) is 4.46. The molecule has 0 amide bonds. The number of aromatic nitrogens is 1. The van der Waals surface area contributed by atoms with Crippen molar-refractivity contribution in [1.29, 1.82) is 0 Å². The molecule has 0 bridgehead atoms. The second-order valence-electron chi connectivity index (χ2n) is 3.96. The Hall–Kier alpha value is -0.290. The fourth-order valence-electron chi connectivity index (χ4n) is 1.28. The monoisotopic (exact) mass is 258 g/mol. The molecule has 0 aromatic carbocycles. The average Bonchev–Trinajstić information content (AvgIpc) is 3.09. The predicted octanol–water partition coefficient (Wildman–Crippen LogP) is 1.94. The van der Waals surface area contributed by atoms with Gasteiger partial charge in [0.05, 0.1) is 16.2 Å². The highest BCUT2D eigenvalue weighted by Gasteiger charge is 2.21. The highest BCUT2D eigenvalue weighted by Crippen LogP contribution is 2.20. The minimum Gasteiger partial charge on any atom is -0.391 e. The maximum Gasteiger partial charge on any atom is 0.0961 e. The highest BCUT2D eigenvalue weighted by atomic mass is 35.5. The molecule has 1 aromatic rings. The van der Waals surface area contributed by atoms with Gasteiger partial charge < -0.3 is 10.4 Å². The first-order valence-corrected chi connectivity index (χ1v) is 6.76. The lowest BCUT2D eigenvalue weighted by atomic mass is 10.4. The molecule has 5 heteroatoms. The molecule has 0 spiro atoms. The molecule has 1 aliphatic carbocycles. The molecule has 0 aliphatic heterocycles. The molecule has 16 heavy (non-hydrogen) atoms. The zero-order valence-electron chi connectivity index (χ0n) is 8.90. The highest BCUT2D eigenvalue weighted by molar-refractivity contribution is 7.99. The van der Waals surface area contributed by atoms with Gasteiger partial charge in [0.2, 0.25) is 0 Å². The number of hydrogen-bond acceptors (Lipinski definition) is 4. The lowest BCUT2D eigenvalue weighted by Crippen LogP contribution is -2.29. The van der Waals surface area contributed by atoms with Crippen LogP contribution in [0, 0.1) is 0 Å². The summed E-state index contributed by atoms with van der Waals surface area (Å²) in [5, 5.41) is 14.5. The van der Waals surface area contributed by atoms with Gasteiger partial charge in [0.15, 0.2) is 0 Å². The van der Waals surface area contributed by atoms with Crippen LogP contribution in [0.3, 0.4) is 0 Å². The van der Waals surface area contributed by atoms with Gasteiger partial charge >= 0.3 is 0 Å². The summed E-state index contributed by atoms with van der Waals surface area (Å²) in [5.41, 5.74) is 0. The first-order chi connectivity index (χ1) is 7.74. The van der Waals surface area contributed by atoms with Crippen molar-refractivity contribution in [2.75, 3.05) is 12.3 Å². The van der Waals surface area contributed by atoms with Gasteiger partial charge in [-0.05, 0) is 25.0 Å². The normalized spacial score (nSPS) is 17.4. The summed E-state index contributed by atoms with van der Waals surface area (Å²) in [5.74, 6) is 0.661. The Morgan fingerprint density at radius 1 is 1.56 bits per heavy atom. The number of aliphatic hydroxyl groups is 1. The fraction of sp³-hybridized carbons (Fsp3) is 0.545. The van der Waals surface area contributed by atoms with E-state index in [1.807, 2.05) is 12.1 Å². The molecule has 2 N–H and O–H groups in total. The minimum atomic E-state index is -0.317. The molecule has 1 fully saturated rings. The van der Waals surface area contributed by atoms with Crippen LogP contribution >= 0.6 is 23.4 Å².